The number of hydrogen-bond donors (Lipinski definition) is 1. The van der Waals surface area contributed by atoms with Gasteiger partial charge in [-0.15, -0.1) is 0 Å². The number of nitrogens with one attached hydrogen (secondary N) is 1. The molecular formula is C14H23N3O. The van der Waals surface area contributed by atoms with E-state index in [9.17, 15) is 0 Å². The number of rotatable bonds is 4. The van der Waals surface area contributed by atoms with E-state index in [4.69, 9.17) is 9.72 Å². The Morgan fingerprint density at radius 3 is 2.67 bits per heavy atom. The summed E-state index contributed by atoms with van der Waals surface area (Å²) in [7, 11) is 0. The zero-order valence-electron chi connectivity index (χ0n) is 11.6. The molecule has 1 aromatic rings. The average molecular weight is 249 g/mol. The van der Waals surface area contributed by atoms with Gasteiger partial charge in [0.15, 0.2) is 0 Å². The first kappa shape index (κ1) is 13.3. The lowest BCUT2D eigenvalue weighted by molar-refractivity contribution is 0.0835. The molecule has 1 aliphatic heterocycles. The van der Waals surface area contributed by atoms with Crippen LogP contribution < -0.4 is 5.32 Å². The monoisotopic (exact) mass is 249 g/mol. The molecule has 0 aromatic carbocycles. The van der Waals surface area contributed by atoms with E-state index in [0.29, 0.717) is 11.8 Å². The van der Waals surface area contributed by atoms with Gasteiger partial charge in [-0.3, -0.25) is 0 Å². The van der Waals surface area contributed by atoms with E-state index in [-0.39, 0.29) is 0 Å². The molecule has 2 heterocycles. The fourth-order valence-corrected chi connectivity index (χ4v) is 2.19. The minimum absolute atomic E-state index is 0.434. The molecule has 0 atom stereocenters. The van der Waals surface area contributed by atoms with E-state index in [1.165, 1.54) is 0 Å². The maximum atomic E-state index is 5.41. The van der Waals surface area contributed by atoms with Crippen molar-refractivity contribution in [3.8, 4) is 0 Å². The van der Waals surface area contributed by atoms with Crippen molar-refractivity contribution < 1.29 is 4.74 Å². The van der Waals surface area contributed by atoms with Gasteiger partial charge < -0.3 is 10.1 Å². The summed E-state index contributed by atoms with van der Waals surface area (Å²) in [5, 5.41) is 3.30. The molecule has 1 N–H and O–H groups in total. The average Bonchev–Trinajstić information content (AvgIpc) is 2.40. The van der Waals surface area contributed by atoms with Gasteiger partial charge in [0.2, 0.25) is 0 Å². The van der Waals surface area contributed by atoms with Gasteiger partial charge in [0.1, 0.15) is 11.6 Å². The van der Waals surface area contributed by atoms with Crippen LogP contribution in [0.3, 0.4) is 0 Å². The van der Waals surface area contributed by atoms with Gasteiger partial charge in [-0.2, -0.15) is 0 Å². The molecule has 0 amide bonds. The van der Waals surface area contributed by atoms with Crippen molar-refractivity contribution in [1.29, 1.82) is 0 Å². The van der Waals surface area contributed by atoms with Crippen LogP contribution in [0.4, 0.5) is 5.82 Å². The first-order chi connectivity index (χ1) is 8.70. The minimum atomic E-state index is 0.434. The van der Waals surface area contributed by atoms with Crippen molar-refractivity contribution >= 4 is 5.82 Å². The summed E-state index contributed by atoms with van der Waals surface area (Å²) < 4.78 is 5.41. The number of nitrogens with zero attached hydrogens (tertiary/aromatic N) is 2. The highest BCUT2D eigenvalue weighted by atomic mass is 16.5. The molecule has 1 fully saturated rings. The Morgan fingerprint density at radius 2 is 2.06 bits per heavy atom. The van der Waals surface area contributed by atoms with Crippen LogP contribution in [0.25, 0.3) is 0 Å². The van der Waals surface area contributed by atoms with E-state index in [1.54, 1.807) is 0 Å². The van der Waals surface area contributed by atoms with E-state index in [2.05, 4.69) is 37.1 Å². The molecule has 0 bridgehead atoms. The smallest absolute Gasteiger partial charge is 0.134 e. The molecular weight excluding hydrogens is 226 g/mol. The van der Waals surface area contributed by atoms with Crippen molar-refractivity contribution in [3.05, 3.63) is 17.6 Å². The van der Waals surface area contributed by atoms with Crippen LogP contribution >= 0.6 is 0 Å². The Bertz CT molecular complexity index is 387. The number of anilines is 1. The highest BCUT2D eigenvalue weighted by Gasteiger charge is 2.20. The fourth-order valence-electron chi connectivity index (χ4n) is 2.19. The van der Waals surface area contributed by atoms with Gasteiger partial charge in [0.25, 0.3) is 0 Å². The highest BCUT2D eigenvalue weighted by Crippen LogP contribution is 2.26. The second kappa shape index (κ2) is 6.14. The zero-order chi connectivity index (χ0) is 13.0. The molecule has 0 spiro atoms. The third-order valence-corrected chi connectivity index (χ3v) is 3.30. The number of ether oxygens (including phenoxy) is 1. The van der Waals surface area contributed by atoms with Gasteiger partial charge in [-0.25, -0.2) is 9.97 Å². The SMILES string of the molecule is CCNc1cc(C(C)C)nc(C2CCOCC2)n1. The summed E-state index contributed by atoms with van der Waals surface area (Å²) in [5.74, 6) is 2.83. The molecule has 0 radical (unpaired) electrons. The van der Waals surface area contributed by atoms with Crippen LogP contribution in [0.5, 0.6) is 0 Å². The highest BCUT2D eigenvalue weighted by molar-refractivity contribution is 5.37. The molecule has 0 saturated carbocycles. The van der Waals surface area contributed by atoms with Gasteiger partial charge in [0, 0.05) is 37.4 Å². The second-order valence-corrected chi connectivity index (χ2v) is 5.11. The fraction of sp³-hybridized carbons (Fsp3) is 0.714. The minimum Gasteiger partial charge on any atom is -0.381 e. The standard InChI is InChI=1S/C14H23N3O/c1-4-15-13-9-12(10(2)3)16-14(17-13)11-5-7-18-8-6-11/h9-11H,4-8H2,1-3H3,(H,15,16,17). The predicted molar refractivity (Wildman–Crippen MR) is 73.1 cm³/mol. The quantitative estimate of drug-likeness (QED) is 0.891. The summed E-state index contributed by atoms with van der Waals surface area (Å²) in [6, 6.07) is 2.07. The lowest BCUT2D eigenvalue weighted by Gasteiger charge is -2.22. The molecule has 4 heteroatoms. The first-order valence-electron chi connectivity index (χ1n) is 6.91. The van der Waals surface area contributed by atoms with Crippen molar-refractivity contribution in [2.24, 2.45) is 0 Å². The second-order valence-electron chi connectivity index (χ2n) is 5.11. The van der Waals surface area contributed by atoms with Crippen LogP contribution in [0.2, 0.25) is 0 Å². The van der Waals surface area contributed by atoms with E-state index < -0.39 is 0 Å². The number of aromatic nitrogens is 2. The molecule has 2 rings (SSSR count). The van der Waals surface area contributed by atoms with Gasteiger partial charge in [-0.05, 0) is 25.7 Å². The lowest BCUT2D eigenvalue weighted by Crippen LogP contribution is -2.18. The van der Waals surface area contributed by atoms with Crippen LogP contribution in [0.1, 0.15) is 57.0 Å². The summed E-state index contributed by atoms with van der Waals surface area (Å²) in [6.45, 7) is 8.98. The Balaban J connectivity index is 2.26. The maximum absolute atomic E-state index is 5.41. The van der Waals surface area contributed by atoms with Crippen molar-refractivity contribution in [2.75, 3.05) is 25.1 Å². The summed E-state index contributed by atoms with van der Waals surface area (Å²) >= 11 is 0. The lowest BCUT2D eigenvalue weighted by atomic mass is 9.99. The molecule has 0 unspecified atom stereocenters. The molecule has 4 nitrogen and oxygen atoms in total. The van der Waals surface area contributed by atoms with Crippen molar-refractivity contribution in [1.82, 2.24) is 9.97 Å². The molecule has 18 heavy (non-hydrogen) atoms. The molecule has 1 aliphatic rings. The Kier molecular flexibility index (Phi) is 4.53. The van der Waals surface area contributed by atoms with E-state index in [0.717, 1.165) is 49.9 Å². The van der Waals surface area contributed by atoms with Crippen molar-refractivity contribution in [2.45, 2.75) is 45.4 Å². The Labute approximate surface area is 109 Å². The topological polar surface area (TPSA) is 47.0 Å². The molecule has 0 aliphatic carbocycles. The third-order valence-electron chi connectivity index (χ3n) is 3.30. The maximum Gasteiger partial charge on any atom is 0.134 e. The summed E-state index contributed by atoms with van der Waals surface area (Å²) in [6.07, 6.45) is 2.07. The third kappa shape index (κ3) is 3.19. The molecule has 100 valence electrons. The van der Waals surface area contributed by atoms with Gasteiger partial charge >= 0.3 is 0 Å². The molecule has 1 aromatic heterocycles. The van der Waals surface area contributed by atoms with Crippen molar-refractivity contribution in [3.63, 3.8) is 0 Å². The summed E-state index contributed by atoms with van der Waals surface area (Å²) in [4.78, 5) is 9.38. The largest absolute Gasteiger partial charge is 0.381 e. The van der Waals surface area contributed by atoms with Gasteiger partial charge in [0.05, 0.1) is 0 Å². The summed E-state index contributed by atoms with van der Waals surface area (Å²) in [5.41, 5.74) is 1.13. The van der Waals surface area contributed by atoms with E-state index in [1.807, 2.05) is 0 Å². The number of hydrogen-bond acceptors (Lipinski definition) is 4. The van der Waals surface area contributed by atoms with Crippen LogP contribution in [-0.4, -0.2) is 29.7 Å². The van der Waals surface area contributed by atoms with Crippen LogP contribution in [0, 0.1) is 0 Å². The van der Waals surface area contributed by atoms with Gasteiger partial charge in [-0.1, -0.05) is 13.8 Å². The Morgan fingerprint density at radius 1 is 1.33 bits per heavy atom. The molecule has 1 saturated heterocycles. The Hall–Kier alpha value is -1.16. The normalized spacial score (nSPS) is 17.1. The van der Waals surface area contributed by atoms with Crippen LogP contribution in [0.15, 0.2) is 6.07 Å². The van der Waals surface area contributed by atoms with E-state index >= 15 is 0 Å². The zero-order valence-corrected chi connectivity index (χ0v) is 11.6. The first-order valence-corrected chi connectivity index (χ1v) is 6.91. The predicted octanol–water partition coefficient (Wildman–Crippen LogP) is 2.93. The van der Waals surface area contributed by atoms with Crippen LogP contribution in [-0.2, 0) is 4.74 Å².